The number of anilines is 1. The summed E-state index contributed by atoms with van der Waals surface area (Å²) in [5, 5.41) is 0. The van der Waals surface area contributed by atoms with E-state index in [9.17, 15) is 4.79 Å². The molecular weight excluding hydrogens is 234 g/mol. The van der Waals surface area contributed by atoms with Crippen molar-refractivity contribution in [2.45, 2.75) is 19.9 Å². The van der Waals surface area contributed by atoms with Gasteiger partial charge in [-0.05, 0) is 13.8 Å². The number of rotatable bonds is 2. The minimum atomic E-state index is -0.413. The van der Waals surface area contributed by atoms with Crippen LogP contribution in [-0.2, 0) is 9.47 Å². The third-order valence-electron chi connectivity index (χ3n) is 2.93. The van der Waals surface area contributed by atoms with Gasteiger partial charge in [0.15, 0.2) is 0 Å². The van der Waals surface area contributed by atoms with Crippen molar-refractivity contribution in [3.8, 4) is 0 Å². The molecule has 1 fully saturated rings. The Morgan fingerprint density at radius 1 is 1.61 bits per heavy atom. The van der Waals surface area contributed by atoms with Gasteiger partial charge in [-0.15, -0.1) is 0 Å². The molecule has 0 N–H and O–H groups in total. The van der Waals surface area contributed by atoms with Gasteiger partial charge in [0.2, 0.25) is 0 Å². The van der Waals surface area contributed by atoms with E-state index >= 15 is 0 Å². The first-order chi connectivity index (χ1) is 8.63. The number of hydrogen-bond donors (Lipinski definition) is 0. The normalized spacial score (nSPS) is 19.7. The van der Waals surface area contributed by atoms with Crippen LogP contribution in [0.15, 0.2) is 6.20 Å². The van der Waals surface area contributed by atoms with Gasteiger partial charge in [-0.3, -0.25) is 0 Å². The highest BCUT2D eigenvalue weighted by Gasteiger charge is 2.25. The topological polar surface area (TPSA) is 64.5 Å². The maximum absolute atomic E-state index is 11.7. The van der Waals surface area contributed by atoms with Crippen LogP contribution >= 0.6 is 0 Å². The molecule has 1 aliphatic rings. The standard InChI is InChI=1S/C12H17N3O3/c1-8-7-18-5-4-15(8)11-10(12(16)17-3)6-13-9(2)14-11/h6,8H,4-5,7H2,1-3H3. The van der Waals surface area contributed by atoms with E-state index in [1.54, 1.807) is 6.92 Å². The average Bonchev–Trinajstić information content (AvgIpc) is 2.38. The Balaban J connectivity index is 2.40. The summed E-state index contributed by atoms with van der Waals surface area (Å²) in [5.41, 5.74) is 0.400. The molecule has 1 aromatic rings. The van der Waals surface area contributed by atoms with E-state index in [1.165, 1.54) is 13.3 Å². The van der Waals surface area contributed by atoms with Crippen molar-refractivity contribution in [3.05, 3.63) is 17.6 Å². The fraction of sp³-hybridized carbons (Fsp3) is 0.583. The molecule has 0 amide bonds. The number of methoxy groups -OCH3 is 1. The molecule has 98 valence electrons. The minimum Gasteiger partial charge on any atom is -0.465 e. The second-order valence-corrected chi connectivity index (χ2v) is 4.26. The molecule has 0 saturated carbocycles. The summed E-state index contributed by atoms with van der Waals surface area (Å²) in [6.45, 7) is 5.81. The SMILES string of the molecule is COC(=O)c1cnc(C)nc1N1CCOCC1C. The Kier molecular flexibility index (Phi) is 3.76. The van der Waals surface area contributed by atoms with Crippen molar-refractivity contribution in [1.82, 2.24) is 9.97 Å². The zero-order valence-corrected chi connectivity index (χ0v) is 10.8. The number of esters is 1. The number of carbonyl (C=O) groups excluding carboxylic acids is 1. The summed E-state index contributed by atoms with van der Waals surface area (Å²) >= 11 is 0. The highest BCUT2D eigenvalue weighted by atomic mass is 16.5. The second kappa shape index (κ2) is 5.30. The number of carbonyl (C=O) groups is 1. The summed E-state index contributed by atoms with van der Waals surface area (Å²) in [5.74, 6) is 0.852. The number of nitrogens with zero attached hydrogens (tertiary/aromatic N) is 3. The lowest BCUT2D eigenvalue weighted by atomic mass is 10.2. The smallest absolute Gasteiger partial charge is 0.343 e. The molecule has 1 unspecified atom stereocenters. The van der Waals surface area contributed by atoms with Crippen LogP contribution in [0.4, 0.5) is 5.82 Å². The van der Waals surface area contributed by atoms with Gasteiger partial charge in [0, 0.05) is 12.7 Å². The molecule has 0 spiro atoms. The van der Waals surface area contributed by atoms with Crippen molar-refractivity contribution in [2.75, 3.05) is 31.8 Å². The van der Waals surface area contributed by atoms with E-state index < -0.39 is 5.97 Å². The van der Waals surface area contributed by atoms with Crippen LogP contribution in [0.2, 0.25) is 0 Å². The van der Waals surface area contributed by atoms with Crippen LogP contribution in [0, 0.1) is 6.92 Å². The van der Waals surface area contributed by atoms with E-state index in [1.807, 2.05) is 6.92 Å². The van der Waals surface area contributed by atoms with Crippen molar-refractivity contribution >= 4 is 11.8 Å². The van der Waals surface area contributed by atoms with Crippen molar-refractivity contribution in [2.24, 2.45) is 0 Å². The largest absolute Gasteiger partial charge is 0.465 e. The van der Waals surface area contributed by atoms with Gasteiger partial charge >= 0.3 is 5.97 Å². The van der Waals surface area contributed by atoms with Crippen LogP contribution in [-0.4, -0.2) is 48.8 Å². The maximum Gasteiger partial charge on any atom is 0.343 e. The van der Waals surface area contributed by atoms with Crippen molar-refractivity contribution < 1.29 is 14.3 Å². The lowest BCUT2D eigenvalue weighted by molar-refractivity contribution is 0.0598. The van der Waals surface area contributed by atoms with E-state index in [-0.39, 0.29) is 6.04 Å². The third-order valence-corrected chi connectivity index (χ3v) is 2.93. The van der Waals surface area contributed by atoms with Gasteiger partial charge in [-0.2, -0.15) is 0 Å². The molecule has 0 aromatic carbocycles. The summed E-state index contributed by atoms with van der Waals surface area (Å²) in [7, 11) is 1.36. The Labute approximate surface area is 106 Å². The first kappa shape index (κ1) is 12.8. The van der Waals surface area contributed by atoms with Crippen LogP contribution in [0.5, 0.6) is 0 Å². The van der Waals surface area contributed by atoms with Crippen molar-refractivity contribution in [1.29, 1.82) is 0 Å². The van der Waals surface area contributed by atoms with Gasteiger partial charge < -0.3 is 14.4 Å². The zero-order chi connectivity index (χ0) is 13.1. The molecule has 1 saturated heterocycles. The summed E-state index contributed by atoms with van der Waals surface area (Å²) in [6.07, 6.45) is 1.52. The molecule has 1 aromatic heterocycles. The average molecular weight is 251 g/mol. The fourth-order valence-corrected chi connectivity index (χ4v) is 1.97. The highest BCUT2D eigenvalue weighted by molar-refractivity contribution is 5.94. The Hall–Kier alpha value is -1.69. The van der Waals surface area contributed by atoms with Gasteiger partial charge in [-0.25, -0.2) is 14.8 Å². The molecule has 2 heterocycles. The Morgan fingerprint density at radius 3 is 3.06 bits per heavy atom. The number of morpholine rings is 1. The van der Waals surface area contributed by atoms with Gasteiger partial charge in [-0.1, -0.05) is 0 Å². The monoisotopic (exact) mass is 251 g/mol. The quantitative estimate of drug-likeness (QED) is 0.724. The number of hydrogen-bond acceptors (Lipinski definition) is 6. The molecule has 1 atom stereocenters. The zero-order valence-electron chi connectivity index (χ0n) is 10.8. The molecular formula is C12H17N3O3. The van der Waals surface area contributed by atoms with Gasteiger partial charge in [0.05, 0.1) is 26.4 Å². The van der Waals surface area contributed by atoms with E-state index in [4.69, 9.17) is 9.47 Å². The van der Waals surface area contributed by atoms with Crippen LogP contribution in [0.3, 0.4) is 0 Å². The van der Waals surface area contributed by atoms with Gasteiger partial charge in [0.1, 0.15) is 17.2 Å². The van der Waals surface area contributed by atoms with Crippen molar-refractivity contribution in [3.63, 3.8) is 0 Å². The minimum absolute atomic E-state index is 0.177. The predicted octanol–water partition coefficient (Wildman–Crippen LogP) is 0.797. The van der Waals surface area contributed by atoms with Crippen LogP contribution < -0.4 is 4.90 Å². The molecule has 2 rings (SSSR count). The van der Waals surface area contributed by atoms with Gasteiger partial charge in [0.25, 0.3) is 0 Å². The number of aryl methyl sites for hydroxylation is 1. The molecule has 0 aliphatic carbocycles. The first-order valence-corrected chi connectivity index (χ1v) is 5.90. The third kappa shape index (κ3) is 2.43. The summed E-state index contributed by atoms with van der Waals surface area (Å²) < 4.78 is 10.2. The molecule has 1 aliphatic heterocycles. The lowest BCUT2D eigenvalue weighted by Crippen LogP contribution is -2.45. The summed E-state index contributed by atoms with van der Waals surface area (Å²) in [4.78, 5) is 22.2. The molecule has 6 nitrogen and oxygen atoms in total. The lowest BCUT2D eigenvalue weighted by Gasteiger charge is -2.35. The fourth-order valence-electron chi connectivity index (χ4n) is 1.97. The van der Waals surface area contributed by atoms with E-state index in [2.05, 4.69) is 14.9 Å². The Morgan fingerprint density at radius 2 is 2.39 bits per heavy atom. The number of aromatic nitrogens is 2. The summed E-state index contributed by atoms with van der Waals surface area (Å²) in [6, 6.07) is 0.177. The van der Waals surface area contributed by atoms with E-state index in [0.717, 1.165) is 0 Å². The maximum atomic E-state index is 11.7. The molecule has 6 heteroatoms. The van der Waals surface area contributed by atoms with Crippen LogP contribution in [0.25, 0.3) is 0 Å². The Bertz CT molecular complexity index is 450. The molecule has 18 heavy (non-hydrogen) atoms. The predicted molar refractivity (Wildman–Crippen MR) is 65.7 cm³/mol. The highest BCUT2D eigenvalue weighted by Crippen LogP contribution is 2.22. The van der Waals surface area contributed by atoms with Crippen LogP contribution in [0.1, 0.15) is 23.1 Å². The molecule has 0 radical (unpaired) electrons. The first-order valence-electron chi connectivity index (χ1n) is 5.90. The second-order valence-electron chi connectivity index (χ2n) is 4.26. The number of ether oxygens (including phenoxy) is 2. The molecule has 0 bridgehead atoms. The van der Waals surface area contributed by atoms with E-state index in [0.29, 0.717) is 37.0 Å².